The lowest BCUT2D eigenvalue weighted by Crippen LogP contribution is -2.12. The number of anilines is 1. The van der Waals surface area contributed by atoms with Gasteiger partial charge in [0.15, 0.2) is 5.82 Å². The van der Waals surface area contributed by atoms with Gasteiger partial charge in [0.1, 0.15) is 11.7 Å². The van der Waals surface area contributed by atoms with Crippen molar-refractivity contribution < 1.29 is 0 Å². The SMILES string of the molecule is CNC=CC(N)=NCCCNc1nc(-c2ccc(Cl)cc2Cl)nc2ccccc12. The molecule has 1 heterocycles. The number of nitrogens with two attached hydrogens (primary N) is 1. The summed E-state index contributed by atoms with van der Waals surface area (Å²) in [6, 6.07) is 13.1. The van der Waals surface area contributed by atoms with Crippen LogP contribution in [0.1, 0.15) is 6.42 Å². The molecule has 0 radical (unpaired) electrons. The molecular weight excluding hydrogens is 407 g/mol. The molecule has 0 atom stereocenters. The minimum Gasteiger partial charge on any atom is -0.394 e. The maximum absolute atomic E-state index is 6.36. The Labute approximate surface area is 179 Å². The summed E-state index contributed by atoms with van der Waals surface area (Å²) >= 11 is 12.4. The molecule has 8 heteroatoms. The second-order valence-electron chi connectivity index (χ2n) is 6.25. The van der Waals surface area contributed by atoms with E-state index in [1.165, 1.54) is 0 Å². The summed E-state index contributed by atoms with van der Waals surface area (Å²) in [6.45, 7) is 1.31. The van der Waals surface area contributed by atoms with Gasteiger partial charge in [-0.05, 0) is 49.0 Å². The van der Waals surface area contributed by atoms with E-state index >= 15 is 0 Å². The van der Waals surface area contributed by atoms with E-state index in [-0.39, 0.29) is 0 Å². The van der Waals surface area contributed by atoms with Crippen LogP contribution in [-0.2, 0) is 0 Å². The maximum atomic E-state index is 6.36. The Hall–Kier alpha value is -2.83. The summed E-state index contributed by atoms with van der Waals surface area (Å²) in [5, 5.41) is 8.29. The molecule has 0 aliphatic heterocycles. The van der Waals surface area contributed by atoms with Crippen molar-refractivity contribution in [3.63, 3.8) is 0 Å². The molecule has 0 bridgehead atoms. The second kappa shape index (κ2) is 10.1. The van der Waals surface area contributed by atoms with Crippen molar-refractivity contribution in [3.05, 3.63) is 64.8 Å². The molecule has 0 unspecified atom stereocenters. The van der Waals surface area contributed by atoms with Crippen molar-refractivity contribution in [1.29, 1.82) is 0 Å². The normalized spacial score (nSPS) is 11.9. The predicted molar refractivity (Wildman–Crippen MR) is 123 cm³/mol. The summed E-state index contributed by atoms with van der Waals surface area (Å²) in [7, 11) is 1.81. The molecule has 0 fully saturated rings. The van der Waals surface area contributed by atoms with Gasteiger partial charge in [-0.25, -0.2) is 9.97 Å². The van der Waals surface area contributed by atoms with Crippen LogP contribution < -0.4 is 16.4 Å². The number of amidine groups is 1. The van der Waals surface area contributed by atoms with E-state index in [2.05, 4.69) is 20.6 Å². The topological polar surface area (TPSA) is 88.2 Å². The highest BCUT2D eigenvalue weighted by molar-refractivity contribution is 6.36. The van der Waals surface area contributed by atoms with Crippen LogP contribution in [0.4, 0.5) is 5.82 Å². The number of benzene rings is 2. The van der Waals surface area contributed by atoms with Crippen LogP contribution in [0.3, 0.4) is 0 Å². The summed E-state index contributed by atoms with van der Waals surface area (Å²) in [6.07, 6.45) is 4.28. The van der Waals surface area contributed by atoms with Gasteiger partial charge < -0.3 is 16.4 Å². The molecule has 4 N–H and O–H groups in total. The molecule has 0 saturated carbocycles. The summed E-state index contributed by atoms with van der Waals surface area (Å²) < 4.78 is 0. The molecule has 6 nitrogen and oxygen atoms in total. The molecule has 0 saturated heterocycles. The van der Waals surface area contributed by atoms with E-state index in [4.69, 9.17) is 33.9 Å². The maximum Gasteiger partial charge on any atom is 0.163 e. The smallest absolute Gasteiger partial charge is 0.163 e. The van der Waals surface area contributed by atoms with Gasteiger partial charge >= 0.3 is 0 Å². The van der Waals surface area contributed by atoms with Gasteiger partial charge in [-0.1, -0.05) is 35.3 Å². The first-order chi connectivity index (χ1) is 14.1. The number of hydrogen-bond donors (Lipinski definition) is 3. The minimum absolute atomic E-state index is 0.492. The average Bonchev–Trinajstić information content (AvgIpc) is 2.71. The van der Waals surface area contributed by atoms with Crippen molar-refractivity contribution in [2.75, 3.05) is 25.5 Å². The number of para-hydroxylation sites is 1. The first-order valence-corrected chi connectivity index (χ1v) is 9.94. The van der Waals surface area contributed by atoms with Crippen molar-refractivity contribution in [2.45, 2.75) is 6.42 Å². The lowest BCUT2D eigenvalue weighted by atomic mass is 10.1. The lowest BCUT2D eigenvalue weighted by Gasteiger charge is -2.11. The Morgan fingerprint density at radius 3 is 2.79 bits per heavy atom. The number of fused-ring (bicyclic) bond motifs is 1. The third kappa shape index (κ3) is 5.59. The average molecular weight is 429 g/mol. The van der Waals surface area contributed by atoms with E-state index in [0.717, 1.165) is 28.7 Å². The molecule has 3 rings (SSSR count). The van der Waals surface area contributed by atoms with Crippen molar-refractivity contribution in [1.82, 2.24) is 15.3 Å². The van der Waals surface area contributed by atoms with Gasteiger partial charge in [0.25, 0.3) is 0 Å². The molecule has 0 aliphatic rings. The van der Waals surface area contributed by atoms with Crippen molar-refractivity contribution in [3.8, 4) is 11.4 Å². The Kier molecular flexibility index (Phi) is 7.27. The van der Waals surface area contributed by atoms with Crippen LogP contribution in [0.15, 0.2) is 59.7 Å². The largest absolute Gasteiger partial charge is 0.394 e. The van der Waals surface area contributed by atoms with Gasteiger partial charge in [-0.15, -0.1) is 0 Å². The highest BCUT2D eigenvalue weighted by Crippen LogP contribution is 2.31. The molecule has 0 aliphatic carbocycles. The molecule has 0 spiro atoms. The standard InChI is InChI=1S/C21H22Cl2N6/c1-25-12-9-19(24)26-10-4-11-27-20-16-5-2-3-6-18(16)28-21(29-20)15-8-7-14(22)13-17(15)23/h2-3,5-9,12-13,25H,4,10-11H2,1H3,(H2,24,26)(H,27,28,29). The third-order valence-corrected chi connectivity index (χ3v) is 4.67. The van der Waals surface area contributed by atoms with Crippen LogP contribution in [0.5, 0.6) is 0 Å². The number of nitrogens with zero attached hydrogens (tertiary/aromatic N) is 3. The molecule has 3 aromatic rings. The zero-order valence-corrected chi connectivity index (χ0v) is 17.5. The van der Waals surface area contributed by atoms with E-state index in [9.17, 15) is 0 Å². The molecule has 29 heavy (non-hydrogen) atoms. The number of nitrogens with one attached hydrogen (secondary N) is 2. The van der Waals surface area contributed by atoms with Gasteiger partial charge in [0.05, 0.1) is 10.5 Å². The Bertz CT molecular complexity index is 1050. The van der Waals surface area contributed by atoms with Gasteiger partial charge in [-0.3, -0.25) is 4.99 Å². The molecule has 0 amide bonds. The Balaban J connectivity index is 1.79. The second-order valence-corrected chi connectivity index (χ2v) is 7.09. The first-order valence-electron chi connectivity index (χ1n) is 9.18. The summed E-state index contributed by atoms with van der Waals surface area (Å²) in [5.41, 5.74) is 7.37. The third-order valence-electron chi connectivity index (χ3n) is 4.12. The Morgan fingerprint density at radius 1 is 1.17 bits per heavy atom. The zero-order valence-electron chi connectivity index (χ0n) is 16.0. The lowest BCUT2D eigenvalue weighted by molar-refractivity contribution is 0.871. The van der Waals surface area contributed by atoms with Crippen LogP contribution in [-0.4, -0.2) is 35.9 Å². The molecule has 2 aromatic carbocycles. The molecule has 150 valence electrons. The molecular formula is C21H22Cl2N6. The highest BCUT2D eigenvalue weighted by atomic mass is 35.5. The number of halogens is 2. The Morgan fingerprint density at radius 2 is 2.00 bits per heavy atom. The van der Waals surface area contributed by atoms with Crippen LogP contribution in [0.2, 0.25) is 10.0 Å². The van der Waals surface area contributed by atoms with Crippen LogP contribution >= 0.6 is 23.2 Å². The minimum atomic E-state index is 0.492. The predicted octanol–water partition coefficient (Wildman–Crippen LogP) is 4.50. The van der Waals surface area contributed by atoms with Crippen LogP contribution in [0, 0.1) is 0 Å². The molecule has 1 aromatic heterocycles. The van der Waals surface area contributed by atoms with E-state index in [1.54, 1.807) is 24.4 Å². The first kappa shape index (κ1) is 20.9. The van der Waals surface area contributed by atoms with Gasteiger partial charge in [0.2, 0.25) is 0 Å². The highest BCUT2D eigenvalue weighted by Gasteiger charge is 2.12. The summed E-state index contributed by atoms with van der Waals surface area (Å²) in [4.78, 5) is 13.7. The fourth-order valence-electron chi connectivity index (χ4n) is 2.72. The number of hydrogen-bond acceptors (Lipinski definition) is 5. The number of aliphatic imine (C=N–C) groups is 1. The van der Waals surface area contributed by atoms with Crippen molar-refractivity contribution >= 4 is 45.8 Å². The van der Waals surface area contributed by atoms with E-state index in [1.807, 2.05) is 37.4 Å². The van der Waals surface area contributed by atoms with Gasteiger partial charge in [0, 0.05) is 36.1 Å². The monoisotopic (exact) mass is 428 g/mol. The zero-order chi connectivity index (χ0) is 20.6. The van der Waals surface area contributed by atoms with E-state index < -0.39 is 0 Å². The quantitative estimate of drug-likeness (QED) is 0.279. The van der Waals surface area contributed by atoms with Gasteiger partial charge in [-0.2, -0.15) is 0 Å². The van der Waals surface area contributed by atoms with Crippen molar-refractivity contribution in [2.24, 2.45) is 10.7 Å². The fraction of sp³-hybridized carbons (Fsp3) is 0.190. The number of aromatic nitrogens is 2. The number of rotatable bonds is 8. The summed E-state index contributed by atoms with van der Waals surface area (Å²) in [5.74, 6) is 1.79. The fourth-order valence-corrected chi connectivity index (χ4v) is 3.21. The van der Waals surface area contributed by atoms with E-state index in [0.29, 0.717) is 34.8 Å². The van der Waals surface area contributed by atoms with Crippen LogP contribution in [0.25, 0.3) is 22.3 Å².